The summed E-state index contributed by atoms with van der Waals surface area (Å²) in [7, 11) is 0. The zero-order valence-electron chi connectivity index (χ0n) is 12.9. The van der Waals surface area contributed by atoms with Crippen molar-refractivity contribution in [2.75, 3.05) is 18.8 Å². The molecule has 0 aromatic heterocycles. The maximum Gasteiger partial charge on any atom is 0.255 e. The number of hydrogen-bond donors (Lipinski definition) is 0. The van der Waals surface area contributed by atoms with Crippen LogP contribution in [0, 0.1) is 0 Å². The van der Waals surface area contributed by atoms with E-state index in [1.807, 2.05) is 35.2 Å². The molecule has 1 fully saturated rings. The highest BCUT2D eigenvalue weighted by atomic mass is 32.2. The predicted octanol–water partition coefficient (Wildman–Crippen LogP) is 4.43. The van der Waals surface area contributed by atoms with Crippen LogP contribution in [0.1, 0.15) is 35.2 Å². The third-order valence-electron chi connectivity index (χ3n) is 4.16. The molecule has 1 heterocycles. The third-order valence-corrected chi connectivity index (χ3v) is 5.12. The van der Waals surface area contributed by atoms with Crippen LogP contribution in [0.15, 0.2) is 59.5 Å². The second-order valence-electron chi connectivity index (χ2n) is 5.58. The van der Waals surface area contributed by atoms with Crippen LogP contribution in [-0.2, 0) is 0 Å². The topological polar surface area (TPSA) is 20.3 Å². The van der Waals surface area contributed by atoms with Crippen LogP contribution in [0.5, 0.6) is 0 Å². The molecule has 114 valence electrons. The molecule has 2 aromatic rings. The second-order valence-corrected chi connectivity index (χ2v) is 6.88. The summed E-state index contributed by atoms with van der Waals surface area (Å²) in [6, 6.07) is 18.5. The van der Waals surface area contributed by atoms with Crippen LogP contribution >= 0.6 is 11.8 Å². The molecule has 0 radical (unpaired) electrons. The van der Waals surface area contributed by atoms with Crippen LogP contribution in [0.25, 0.3) is 0 Å². The number of benzene rings is 2. The van der Waals surface area contributed by atoms with E-state index in [1.165, 1.54) is 5.56 Å². The molecule has 0 aliphatic carbocycles. The van der Waals surface area contributed by atoms with Gasteiger partial charge in [-0.1, -0.05) is 49.4 Å². The first-order chi connectivity index (χ1) is 10.8. The Morgan fingerprint density at radius 2 is 1.86 bits per heavy atom. The summed E-state index contributed by atoms with van der Waals surface area (Å²) in [5.41, 5.74) is 2.19. The fourth-order valence-corrected chi connectivity index (χ4v) is 3.83. The molecule has 22 heavy (non-hydrogen) atoms. The van der Waals surface area contributed by atoms with Gasteiger partial charge in [-0.3, -0.25) is 4.79 Å². The number of thioether (sulfide) groups is 1. The van der Waals surface area contributed by atoms with Crippen LogP contribution in [0.2, 0.25) is 0 Å². The van der Waals surface area contributed by atoms with Gasteiger partial charge in [0.15, 0.2) is 0 Å². The Morgan fingerprint density at radius 3 is 2.64 bits per heavy atom. The van der Waals surface area contributed by atoms with Crippen molar-refractivity contribution in [3.8, 4) is 0 Å². The van der Waals surface area contributed by atoms with E-state index in [0.717, 1.165) is 35.7 Å². The molecule has 1 amide bonds. The van der Waals surface area contributed by atoms with E-state index < -0.39 is 0 Å². The minimum Gasteiger partial charge on any atom is -0.338 e. The lowest BCUT2D eigenvalue weighted by Crippen LogP contribution is -2.28. The Hall–Kier alpha value is -1.74. The van der Waals surface area contributed by atoms with Crippen LogP contribution in [0.4, 0.5) is 0 Å². The number of hydrogen-bond acceptors (Lipinski definition) is 2. The van der Waals surface area contributed by atoms with Crippen molar-refractivity contribution >= 4 is 17.7 Å². The number of nitrogens with zero attached hydrogens (tertiary/aromatic N) is 1. The predicted molar refractivity (Wildman–Crippen MR) is 92.5 cm³/mol. The molecule has 0 spiro atoms. The van der Waals surface area contributed by atoms with Crippen LogP contribution in [0.3, 0.4) is 0 Å². The van der Waals surface area contributed by atoms with E-state index in [-0.39, 0.29) is 5.91 Å². The van der Waals surface area contributed by atoms with Crippen molar-refractivity contribution in [3.63, 3.8) is 0 Å². The molecule has 1 aliphatic rings. The summed E-state index contributed by atoms with van der Waals surface area (Å²) in [4.78, 5) is 15.9. The molecular formula is C19H21NOS. The first-order valence-electron chi connectivity index (χ1n) is 7.85. The van der Waals surface area contributed by atoms with E-state index in [1.54, 1.807) is 11.8 Å². The Morgan fingerprint density at radius 1 is 1.14 bits per heavy atom. The van der Waals surface area contributed by atoms with Gasteiger partial charge >= 0.3 is 0 Å². The Bertz CT molecular complexity index is 641. The van der Waals surface area contributed by atoms with Gasteiger partial charge in [-0.25, -0.2) is 0 Å². The number of amides is 1. The maximum absolute atomic E-state index is 12.8. The summed E-state index contributed by atoms with van der Waals surface area (Å²) in [6.45, 7) is 3.80. The van der Waals surface area contributed by atoms with Crippen molar-refractivity contribution in [2.24, 2.45) is 0 Å². The zero-order chi connectivity index (χ0) is 15.4. The Balaban J connectivity index is 1.74. The maximum atomic E-state index is 12.8. The van der Waals surface area contributed by atoms with E-state index in [2.05, 4.69) is 31.2 Å². The third kappa shape index (κ3) is 3.20. The molecule has 1 atom stereocenters. The van der Waals surface area contributed by atoms with Crippen LogP contribution in [-0.4, -0.2) is 29.6 Å². The molecule has 1 unspecified atom stereocenters. The van der Waals surface area contributed by atoms with E-state index >= 15 is 0 Å². The van der Waals surface area contributed by atoms with Crippen molar-refractivity contribution in [1.29, 1.82) is 0 Å². The van der Waals surface area contributed by atoms with Gasteiger partial charge in [-0.05, 0) is 29.9 Å². The van der Waals surface area contributed by atoms with E-state index in [9.17, 15) is 4.79 Å². The summed E-state index contributed by atoms with van der Waals surface area (Å²) >= 11 is 1.74. The Kier molecular flexibility index (Phi) is 4.84. The molecule has 3 rings (SSSR count). The summed E-state index contributed by atoms with van der Waals surface area (Å²) in [6.07, 6.45) is 1.05. The smallest absolute Gasteiger partial charge is 0.255 e. The van der Waals surface area contributed by atoms with Crippen molar-refractivity contribution in [1.82, 2.24) is 4.90 Å². The highest BCUT2D eigenvalue weighted by Gasteiger charge is 2.28. The quantitative estimate of drug-likeness (QED) is 0.779. The molecule has 1 aliphatic heterocycles. The standard InChI is InChI=1S/C19H21NOS/c1-2-22-18-11-7-6-10-17(18)19(21)20-13-12-16(14-20)15-8-4-3-5-9-15/h3-11,16H,2,12-14H2,1H3. The molecule has 2 nitrogen and oxygen atoms in total. The van der Waals surface area contributed by atoms with Crippen molar-refractivity contribution in [2.45, 2.75) is 24.2 Å². The first-order valence-corrected chi connectivity index (χ1v) is 8.84. The SMILES string of the molecule is CCSc1ccccc1C(=O)N1CCC(c2ccccc2)C1. The van der Waals surface area contributed by atoms with Crippen LogP contribution < -0.4 is 0 Å². The van der Waals surface area contributed by atoms with E-state index in [4.69, 9.17) is 0 Å². The monoisotopic (exact) mass is 311 g/mol. The van der Waals surface area contributed by atoms with Gasteiger partial charge in [0.1, 0.15) is 0 Å². The van der Waals surface area contributed by atoms with Gasteiger partial charge in [0, 0.05) is 23.9 Å². The summed E-state index contributed by atoms with van der Waals surface area (Å²) < 4.78 is 0. The average molecular weight is 311 g/mol. The van der Waals surface area contributed by atoms with Crippen molar-refractivity contribution in [3.05, 3.63) is 65.7 Å². The highest BCUT2D eigenvalue weighted by molar-refractivity contribution is 7.99. The molecule has 3 heteroatoms. The number of rotatable bonds is 4. The second kappa shape index (κ2) is 7.01. The highest BCUT2D eigenvalue weighted by Crippen LogP contribution is 2.30. The minimum atomic E-state index is 0.176. The molecule has 0 saturated carbocycles. The van der Waals surface area contributed by atoms with Gasteiger partial charge in [-0.2, -0.15) is 0 Å². The average Bonchev–Trinajstić information content (AvgIpc) is 3.06. The van der Waals surface area contributed by atoms with Gasteiger partial charge < -0.3 is 4.90 Å². The Labute approximate surface area is 136 Å². The summed E-state index contributed by atoms with van der Waals surface area (Å²) in [5.74, 6) is 1.63. The van der Waals surface area contributed by atoms with E-state index in [0.29, 0.717) is 5.92 Å². The fourth-order valence-electron chi connectivity index (χ4n) is 3.04. The lowest BCUT2D eigenvalue weighted by Gasteiger charge is -2.18. The molecule has 0 N–H and O–H groups in total. The minimum absolute atomic E-state index is 0.176. The molecule has 2 aromatic carbocycles. The van der Waals surface area contributed by atoms with Crippen molar-refractivity contribution < 1.29 is 4.79 Å². The molecule has 1 saturated heterocycles. The normalized spacial score (nSPS) is 17.7. The van der Waals surface area contributed by atoms with Gasteiger partial charge in [0.05, 0.1) is 5.56 Å². The zero-order valence-corrected chi connectivity index (χ0v) is 13.7. The molecule has 0 bridgehead atoms. The lowest BCUT2D eigenvalue weighted by molar-refractivity contribution is 0.0787. The lowest BCUT2D eigenvalue weighted by atomic mass is 9.99. The largest absolute Gasteiger partial charge is 0.338 e. The first kappa shape index (κ1) is 15.2. The van der Waals surface area contributed by atoms with Gasteiger partial charge in [0.25, 0.3) is 5.91 Å². The summed E-state index contributed by atoms with van der Waals surface area (Å²) in [5, 5.41) is 0. The number of carbonyl (C=O) groups excluding carboxylic acids is 1. The van der Waals surface area contributed by atoms with Gasteiger partial charge in [-0.15, -0.1) is 11.8 Å². The van der Waals surface area contributed by atoms with Gasteiger partial charge in [0.2, 0.25) is 0 Å². The number of carbonyl (C=O) groups is 1. The fraction of sp³-hybridized carbons (Fsp3) is 0.316. The number of likely N-dealkylation sites (tertiary alicyclic amines) is 1. The molecular weight excluding hydrogens is 290 g/mol.